The van der Waals surface area contributed by atoms with Crippen molar-refractivity contribution in [2.24, 2.45) is 0 Å². The summed E-state index contributed by atoms with van der Waals surface area (Å²) >= 11 is 6.06. The monoisotopic (exact) mass is 201 g/mol. The summed E-state index contributed by atoms with van der Waals surface area (Å²) in [6.45, 7) is 0. The molecular weight excluding hydrogens is 186 g/mol. The lowest BCUT2D eigenvalue weighted by Crippen LogP contribution is -2.24. The molecule has 2 nitrogen and oxygen atoms in total. The molecule has 0 N–H and O–H groups in total. The molecule has 0 aromatic carbocycles. The molecule has 0 saturated heterocycles. The van der Waals surface area contributed by atoms with Gasteiger partial charge in [0.2, 0.25) is 5.91 Å². The van der Waals surface area contributed by atoms with Crippen molar-refractivity contribution in [3.8, 4) is 0 Å². The van der Waals surface area contributed by atoms with Crippen molar-refractivity contribution in [3.05, 3.63) is 10.6 Å². The van der Waals surface area contributed by atoms with Crippen molar-refractivity contribution in [1.82, 2.24) is 4.90 Å². The Morgan fingerprint density at radius 2 is 1.85 bits per heavy atom. The van der Waals surface area contributed by atoms with Crippen LogP contribution in [0.5, 0.6) is 0 Å². The molecule has 0 unspecified atom stereocenters. The number of hydrogen-bond donors (Lipinski definition) is 0. The predicted octanol–water partition coefficient (Wildman–Crippen LogP) is 2.53. The van der Waals surface area contributed by atoms with E-state index < -0.39 is 0 Å². The van der Waals surface area contributed by atoms with Gasteiger partial charge in [-0.25, -0.2) is 0 Å². The van der Waals surface area contributed by atoms with E-state index in [4.69, 9.17) is 11.6 Å². The lowest BCUT2D eigenvalue weighted by molar-refractivity contribution is -0.124. The molecule has 13 heavy (non-hydrogen) atoms. The summed E-state index contributed by atoms with van der Waals surface area (Å²) in [6, 6.07) is 0. The highest BCUT2D eigenvalue weighted by atomic mass is 35.5. The average molecular weight is 202 g/mol. The molecule has 1 rings (SSSR count). The molecule has 0 aromatic rings. The molecule has 1 aliphatic carbocycles. The molecule has 74 valence electrons. The molecule has 1 aliphatic rings. The van der Waals surface area contributed by atoms with E-state index >= 15 is 0 Å². The number of allylic oxidation sites excluding steroid dienone is 1. The fraction of sp³-hybridized carbons (Fsp3) is 0.700. The second-order valence-electron chi connectivity index (χ2n) is 3.64. The van der Waals surface area contributed by atoms with E-state index in [1.807, 2.05) is 0 Å². The number of nitrogens with zero attached hydrogens (tertiary/aromatic N) is 1. The third-order valence-corrected chi connectivity index (χ3v) is 2.73. The van der Waals surface area contributed by atoms with Crippen LogP contribution in [0.25, 0.3) is 0 Å². The molecule has 0 aliphatic heterocycles. The standard InChI is InChI=1S/C10H16ClNO/c1-12(2)10(13)8-6-4-3-5-7-9(8)11/h3-7H2,1-2H3. The molecule has 0 bridgehead atoms. The van der Waals surface area contributed by atoms with Crippen molar-refractivity contribution < 1.29 is 4.79 Å². The van der Waals surface area contributed by atoms with E-state index in [2.05, 4.69) is 0 Å². The molecule has 0 atom stereocenters. The van der Waals surface area contributed by atoms with E-state index in [-0.39, 0.29) is 5.91 Å². The number of rotatable bonds is 1. The molecule has 1 amide bonds. The minimum atomic E-state index is 0.0758. The average Bonchev–Trinajstić information content (AvgIpc) is 2.28. The fourth-order valence-electron chi connectivity index (χ4n) is 1.54. The van der Waals surface area contributed by atoms with Gasteiger partial charge in [0.05, 0.1) is 0 Å². The summed E-state index contributed by atoms with van der Waals surface area (Å²) in [5.74, 6) is 0.0758. The van der Waals surface area contributed by atoms with E-state index in [1.165, 1.54) is 6.42 Å². The van der Waals surface area contributed by atoms with Gasteiger partial charge in [0.25, 0.3) is 0 Å². The van der Waals surface area contributed by atoms with Crippen LogP contribution in [0.3, 0.4) is 0 Å². The summed E-state index contributed by atoms with van der Waals surface area (Å²) in [7, 11) is 3.54. The molecular formula is C10H16ClNO. The SMILES string of the molecule is CN(C)C(=O)C1=C(Cl)CCCCC1. The van der Waals surface area contributed by atoms with Crippen LogP contribution in [0.2, 0.25) is 0 Å². The van der Waals surface area contributed by atoms with Crippen molar-refractivity contribution in [2.75, 3.05) is 14.1 Å². The maximum Gasteiger partial charge on any atom is 0.250 e. The largest absolute Gasteiger partial charge is 0.345 e. The molecule has 0 spiro atoms. The van der Waals surface area contributed by atoms with E-state index in [9.17, 15) is 4.79 Å². The lowest BCUT2D eigenvalue weighted by Gasteiger charge is -2.13. The second kappa shape index (κ2) is 4.66. The summed E-state index contributed by atoms with van der Waals surface area (Å²) in [4.78, 5) is 13.2. The zero-order chi connectivity index (χ0) is 9.84. The van der Waals surface area contributed by atoms with Gasteiger partial charge >= 0.3 is 0 Å². The van der Waals surface area contributed by atoms with Crippen LogP contribution in [-0.4, -0.2) is 24.9 Å². The zero-order valence-electron chi connectivity index (χ0n) is 8.27. The molecule has 0 radical (unpaired) electrons. The lowest BCUT2D eigenvalue weighted by atomic mass is 10.1. The fourth-order valence-corrected chi connectivity index (χ4v) is 1.85. The van der Waals surface area contributed by atoms with Gasteiger partial charge in [-0.15, -0.1) is 0 Å². The maximum absolute atomic E-state index is 11.6. The summed E-state index contributed by atoms with van der Waals surface area (Å²) in [6.07, 6.45) is 5.10. The topological polar surface area (TPSA) is 20.3 Å². The first-order chi connectivity index (χ1) is 6.13. The number of likely N-dealkylation sites (N-methyl/N-ethyl adjacent to an activating group) is 1. The smallest absolute Gasteiger partial charge is 0.250 e. The first-order valence-electron chi connectivity index (χ1n) is 4.72. The van der Waals surface area contributed by atoms with E-state index in [1.54, 1.807) is 19.0 Å². The van der Waals surface area contributed by atoms with Gasteiger partial charge in [-0.1, -0.05) is 18.0 Å². The minimum absolute atomic E-state index is 0.0758. The molecule has 0 heterocycles. The zero-order valence-corrected chi connectivity index (χ0v) is 9.02. The van der Waals surface area contributed by atoms with Gasteiger partial charge in [0.1, 0.15) is 0 Å². The third-order valence-electron chi connectivity index (χ3n) is 2.31. The summed E-state index contributed by atoms with van der Waals surface area (Å²) < 4.78 is 0. The van der Waals surface area contributed by atoms with Crippen LogP contribution in [0.15, 0.2) is 10.6 Å². The van der Waals surface area contributed by atoms with Gasteiger partial charge in [-0.05, 0) is 25.7 Å². The van der Waals surface area contributed by atoms with Crippen molar-refractivity contribution in [1.29, 1.82) is 0 Å². The van der Waals surface area contributed by atoms with Crippen LogP contribution in [0.4, 0.5) is 0 Å². The van der Waals surface area contributed by atoms with Crippen LogP contribution in [0, 0.1) is 0 Å². The van der Waals surface area contributed by atoms with Gasteiger partial charge in [-0.2, -0.15) is 0 Å². The van der Waals surface area contributed by atoms with Crippen LogP contribution in [0.1, 0.15) is 32.1 Å². The van der Waals surface area contributed by atoms with Crippen molar-refractivity contribution >= 4 is 17.5 Å². The Labute approximate surface area is 84.6 Å². The highest BCUT2D eigenvalue weighted by molar-refractivity contribution is 6.31. The molecule has 3 heteroatoms. The number of carbonyl (C=O) groups excluding carboxylic acids is 1. The Morgan fingerprint density at radius 3 is 2.46 bits per heavy atom. The van der Waals surface area contributed by atoms with Gasteiger partial charge in [0.15, 0.2) is 0 Å². The summed E-state index contributed by atoms with van der Waals surface area (Å²) in [5.41, 5.74) is 0.823. The Hall–Kier alpha value is -0.500. The minimum Gasteiger partial charge on any atom is -0.345 e. The van der Waals surface area contributed by atoms with Crippen LogP contribution < -0.4 is 0 Å². The van der Waals surface area contributed by atoms with E-state index in [0.717, 1.165) is 36.3 Å². The van der Waals surface area contributed by atoms with Crippen LogP contribution >= 0.6 is 11.6 Å². The maximum atomic E-state index is 11.6. The van der Waals surface area contributed by atoms with Gasteiger partial charge in [-0.3, -0.25) is 4.79 Å². The Balaban J connectivity index is 2.79. The molecule has 0 fully saturated rings. The van der Waals surface area contributed by atoms with Crippen molar-refractivity contribution in [2.45, 2.75) is 32.1 Å². The van der Waals surface area contributed by atoms with Gasteiger partial charge in [0, 0.05) is 24.7 Å². The number of amides is 1. The van der Waals surface area contributed by atoms with Crippen molar-refractivity contribution in [3.63, 3.8) is 0 Å². The van der Waals surface area contributed by atoms with Crippen LogP contribution in [-0.2, 0) is 4.79 Å². The summed E-state index contributed by atoms with van der Waals surface area (Å²) in [5, 5.41) is 0.774. The molecule has 0 saturated carbocycles. The Bertz CT molecular complexity index is 233. The first kappa shape index (κ1) is 10.6. The third kappa shape index (κ3) is 2.73. The second-order valence-corrected chi connectivity index (χ2v) is 4.10. The number of carbonyl (C=O) groups is 1. The Kier molecular flexibility index (Phi) is 3.79. The number of hydrogen-bond acceptors (Lipinski definition) is 1. The number of halogens is 1. The quantitative estimate of drug-likeness (QED) is 0.639. The first-order valence-corrected chi connectivity index (χ1v) is 5.10. The van der Waals surface area contributed by atoms with E-state index in [0.29, 0.717) is 0 Å². The van der Waals surface area contributed by atoms with Gasteiger partial charge < -0.3 is 4.90 Å². The highest BCUT2D eigenvalue weighted by Gasteiger charge is 2.17. The predicted molar refractivity (Wildman–Crippen MR) is 54.7 cm³/mol. The Morgan fingerprint density at radius 1 is 1.23 bits per heavy atom. The highest BCUT2D eigenvalue weighted by Crippen LogP contribution is 2.27. The molecule has 0 aromatic heterocycles. The normalized spacial score (nSPS) is 18.4.